The zero-order valence-corrected chi connectivity index (χ0v) is 19.8. The van der Waals surface area contributed by atoms with Gasteiger partial charge in [0.1, 0.15) is 5.82 Å². The molecule has 2 aromatic rings. The molecular weight excluding hydrogens is 496 g/mol. The maximum absolute atomic E-state index is 14.9. The van der Waals surface area contributed by atoms with E-state index in [4.69, 9.17) is 14.8 Å². The molecule has 196 valence electrons. The van der Waals surface area contributed by atoms with Crippen LogP contribution < -0.4 is 15.3 Å². The Morgan fingerprint density at radius 1 is 1.08 bits per heavy atom. The predicted octanol–water partition coefficient (Wildman–Crippen LogP) is 4.78. The van der Waals surface area contributed by atoms with Gasteiger partial charge >= 0.3 is 12.2 Å². The summed E-state index contributed by atoms with van der Waals surface area (Å²) in [7, 11) is 1.46. The summed E-state index contributed by atoms with van der Waals surface area (Å²) in [5.41, 5.74) is 0.345. The molecule has 0 spiro atoms. The van der Waals surface area contributed by atoms with Crippen molar-refractivity contribution in [2.24, 2.45) is 0 Å². The molecule has 3 amide bonds. The van der Waals surface area contributed by atoms with E-state index >= 15 is 0 Å². The molecule has 1 saturated carbocycles. The Bertz CT molecular complexity index is 1230. The predicted molar refractivity (Wildman–Crippen MR) is 124 cm³/mol. The van der Waals surface area contributed by atoms with Crippen LogP contribution in [0.5, 0.6) is 0 Å². The van der Waals surface area contributed by atoms with E-state index in [0.29, 0.717) is 12.8 Å². The summed E-state index contributed by atoms with van der Waals surface area (Å²) in [5.74, 6) is -1.70. The van der Waals surface area contributed by atoms with Gasteiger partial charge in [0.2, 0.25) is 0 Å². The molecule has 2 aliphatic rings. The first-order valence-electron chi connectivity index (χ1n) is 11.6. The number of anilines is 2. The topological polar surface area (TPSA) is 94.9 Å². The number of ether oxygens (including phenoxy) is 1. The third kappa shape index (κ3) is 5.23. The number of nitriles is 1. The Morgan fingerprint density at radius 3 is 2.27 bits per heavy atom. The third-order valence-corrected chi connectivity index (χ3v) is 6.51. The summed E-state index contributed by atoms with van der Waals surface area (Å²) in [6, 6.07) is 6.97. The molecule has 0 aromatic heterocycles. The molecule has 1 N–H and O–H groups in total. The number of urea groups is 1. The van der Waals surface area contributed by atoms with Crippen molar-refractivity contribution in [1.82, 2.24) is 5.48 Å². The number of amides is 3. The Hall–Kier alpha value is -3.69. The van der Waals surface area contributed by atoms with Crippen LogP contribution in [0.25, 0.3) is 0 Å². The number of rotatable bonds is 7. The maximum Gasteiger partial charge on any atom is 0.417 e. The van der Waals surface area contributed by atoms with E-state index in [1.54, 1.807) is 0 Å². The molecule has 0 unspecified atom stereocenters. The number of nitrogens with zero attached hydrogens (tertiary/aromatic N) is 3. The SMILES string of the molecule is COCCONC(=O)c1ccc(N2C(=O)N(c3ccc(C#N)c(C(F)(F)F)c3)[C@@H]3CCCC[C@H]32)cc1F. The Morgan fingerprint density at radius 2 is 1.70 bits per heavy atom. The molecule has 12 heteroatoms. The van der Waals surface area contributed by atoms with Gasteiger partial charge in [-0.1, -0.05) is 12.8 Å². The van der Waals surface area contributed by atoms with Crippen LogP contribution in [0.15, 0.2) is 36.4 Å². The van der Waals surface area contributed by atoms with Gasteiger partial charge in [0.05, 0.1) is 48.1 Å². The first-order valence-corrected chi connectivity index (χ1v) is 11.6. The second-order valence-electron chi connectivity index (χ2n) is 8.72. The van der Waals surface area contributed by atoms with Crippen molar-refractivity contribution in [2.75, 3.05) is 30.1 Å². The number of hydroxylamine groups is 1. The normalized spacial score (nSPS) is 19.5. The zero-order valence-electron chi connectivity index (χ0n) is 19.8. The maximum atomic E-state index is 14.9. The van der Waals surface area contributed by atoms with Gasteiger partial charge in [-0.25, -0.2) is 14.7 Å². The Kier molecular flexibility index (Phi) is 7.65. The lowest BCUT2D eigenvalue weighted by Gasteiger charge is -2.32. The molecule has 8 nitrogen and oxygen atoms in total. The van der Waals surface area contributed by atoms with Gasteiger partial charge in [-0.2, -0.15) is 18.4 Å². The number of benzene rings is 2. The fourth-order valence-electron chi connectivity index (χ4n) is 4.85. The van der Waals surface area contributed by atoms with E-state index < -0.39 is 47.1 Å². The average Bonchev–Trinajstić information content (AvgIpc) is 3.17. The highest BCUT2D eigenvalue weighted by molar-refractivity contribution is 6.08. The number of hydrogen-bond donors (Lipinski definition) is 1. The smallest absolute Gasteiger partial charge is 0.382 e. The van der Waals surface area contributed by atoms with Crippen molar-refractivity contribution < 1.29 is 36.7 Å². The summed E-state index contributed by atoms with van der Waals surface area (Å²) >= 11 is 0. The van der Waals surface area contributed by atoms with Gasteiger partial charge in [0.25, 0.3) is 5.91 Å². The summed E-state index contributed by atoms with van der Waals surface area (Å²) in [5, 5.41) is 9.11. The van der Waals surface area contributed by atoms with Crippen LogP contribution in [0.1, 0.15) is 47.2 Å². The van der Waals surface area contributed by atoms with E-state index in [1.807, 2.05) is 0 Å². The lowest BCUT2D eigenvalue weighted by molar-refractivity contribution is -0.137. The molecule has 2 fully saturated rings. The Balaban J connectivity index is 1.65. The average molecular weight is 520 g/mol. The van der Waals surface area contributed by atoms with Crippen molar-refractivity contribution >= 4 is 23.3 Å². The van der Waals surface area contributed by atoms with Crippen molar-refractivity contribution in [1.29, 1.82) is 5.26 Å². The van der Waals surface area contributed by atoms with Crippen molar-refractivity contribution in [2.45, 2.75) is 43.9 Å². The van der Waals surface area contributed by atoms with Crippen LogP contribution in [0.3, 0.4) is 0 Å². The van der Waals surface area contributed by atoms with Gasteiger partial charge < -0.3 is 4.74 Å². The molecule has 1 aliphatic heterocycles. The second kappa shape index (κ2) is 10.7. The fourth-order valence-corrected chi connectivity index (χ4v) is 4.85. The number of halogens is 4. The standard InChI is InChI=1S/C25H24F4N4O4/c1-36-10-11-37-31-23(34)18-9-8-17(13-20(18)26)33-22-5-3-2-4-21(22)32(24(33)35)16-7-6-15(14-30)19(12-16)25(27,28)29/h6-9,12-13,21-22H,2-5,10-11H2,1H3,(H,31,34)/t21-,22-/m1/s1. The minimum atomic E-state index is -4.78. The van der Waals surface area contributed by atoms with Crippen molar-refractivity contribution in [3.8, 4) is 6.07 Å². The Labute approximate surface area is 210 Å². The number of methoxy groups -OCH3 is 1. The quantitative estimate of drug-likeness (QED) is 0.322. The van der Waals surface area contributed by atoms with Crippen molar-refractivity contribution in [3.05, 3.63) is 58.9 Å². The molecule has 1 heterocycles. The van der Waals surface area contributed by atoms with Gasteiger partial charge in [0, 0.05) is 18.5 Å². The summed E-state index contributed by atoms with van der Waals surface area (Å²) in [4.78, 5) is 33.4. The van der Waals surface area contributed by atoms with Crippen LogP contribution in [0.2, 0.25) is 0 Å². The van der Waals surface area contributed by atoms with Gasteiger partial charge in [-0.05, 0) is 49.2 Å². The molecule has 4 rings (SSSR count). The first kappa shape index (κ1) is 26.4. The molecule has 0 radical (unpaired) electrons. The van der Waals surface area contributed by atoms with Crippen LogP contribution in [0.4, 0.5) is 33.7 Å². The fraction of sp³-hybridized carbons (Fsp3) is 0.400. The third-order valence-electron chi connectivity index (χ3n) is 6.51. The second-order valence-corrected chi connectivity index (χ2v) is 8.72. The summed E-state index contributed by atoms with van der Waals surface area (Å²) < 4.78 is 60.5. The van der Waals surface area contributed by atoms with E-state index in [0.717, 1.165) is 31.0 Å². The van der Waals surface area contributed by atoms with Gasteiger partial charge in [-0.3, -0.25) is 19.4 Å². The highest BCUT2D eigenvalue weighted by atomic mass is 19.4. The number of nitrogens with one attached hydrogen (secondary N) is 1. The lowest BCUT2D eigenvalue weighted by atomic mass is 9.89. The van der Waals surface area contributed by atoms with Crippen LogP contribution in [-0.4, -0.2) is 44.3 Å². The largest absolute Gasteiger partial charge is 0.417 e. The van der Waals surface area contributed by atoms with E-state index in [2.05, 4.69) is 5.48 Å². The number of hydrogen-bond acceptors (Lipinski definition) is 5. The molecule has 0 bridgehead atoms. The summed E-state index contributed by atoms with van der Waals surface area (Å²) in [6.45, 7) is 0.288. The van der Waals surface area contributed by atoms with E-state index in [9.17, 15) is 27.2 Å². The van der Waals surface area contributed by atoms with Gasteiger partial charge in [0.15, 0.2) is 0 Å². The monoisotopic (exact) mass is 520 g/mol. The number of fused-ring (bicyclic) bond motifs is 1. The number of carbonyl (C=O) groups is 2. The molecule has 37 heavy (non-hydrogen) atoms. The molecule has 1 aliphatic carbocycles. The minimum absolute atomic E-state index is 0.0143. The van der Waals surface area contributed by atoms with E-state index in [-0.39, 0.29) is 30.2 Å². The highest BCUT2D eigenvalue weighted by Gasteiger charge is 2.48. The molecule has 2 atom stereocenters. The van der Waals surface area contributed by atoms with Crippen molar-refractivity contribution in [3.63, 3.8) is 0 Å². The van der Waals surface area contributed by atoms with Crippen LogP contribution >= 0.6 is 0 Å². The van der Waals surface area contributed by atoms with E-state index in [1.165, 1.54) is 41.2 Å². The number of alkyl halides is 3. The number of carbonyl (C=O) groups excluding carboxylic acids is 2. The van der Waals surface area contributed by atoms with Crippen LogP contribution in [0, 0.1) is 17.1 Å². The van der Waals surface area contributed by atoms with Crippen LogP contribution in [-0.2, 0) is 15.8 Å². The molecule has 2 aromatic carbocycles. The lowest BCUT2D eigenvalue weighted by Crippen LogP contribution is -2.40. The summed E-state index contributed by atoms with van der Waals surface area (Å²) in [6.07, 6.45) is -2.08. The first-order chi connectivity index (χ1) is 17.7. The highest BCUT2D eigenvalue weighted by Crippen LogP contribution is 2.42. The van der Waals surface area contributed by atoms with Gasteiger partial charge in [-0.15, -0.1) is 0 Å². The zero-order chi connectivity index (χ0) is 26.7. The molecule has 1 saturated heterocycles. The minimum Gasteiger partial charge on any atom is -0.382 e. The molecular formula is C25H24F4N4O4.